The van der Waals surface area contributed by atoms with Gasteiger partial charge in [-0.05, 0) is 6.42 Å². The quantitative estimate of drug-likeness (QED) is 0.685. The summed E-state index contributed by atoms with van der Waals surface area (Å²) in [6.45, 7) is 7.03. The SMILES string of the molecule is C=CCN(CCC)C(=O)NC1COCC1C(=O)O. The molecule has 6 nitrogen and oxygen atoms in total. The van der Waals surface area contributed by atoms with Gasteiger partial charge in [0.05, 0.1) is 19.3 Å². The molecule has 0 radical (unpaired) electrons. The van der Waals surface area contributed by atoms with Crippen molar-refractivity contribution in [3.63, 3.8) is 0 Å². The second kappa shape index (κ2) is 7.00. The summed E-state index contributed by atoms with van der Waals surface area (Å²) in [6, 6.07) is -0.724. The predicted octanol–water partition coefficient (Wildman–Crippen LogP) is 0.694. The van der Waals surface area contributed by atoms with Crippen LogP contribution in [0.25, 0.3) is 0 Å². The Hall–Kier alpha value is -1.56. The average Bonchev–Trinajstić information content (AvgIpc) is 2.77. The molecule has 0 aromatic heterocycles. The molecule has 2 N–H and O–H groups in total. The lowest BCUT2D eigenvalue weighted by atomic mass is 10.0. The van der Waals surface area contributed by atoms with Gasteiger partial charge in [-0.25, -0.2) is 4.79 Å². The van der Waals surface area contributed by atoms with E-state index < -0.39 is 17.9 Å². The van der Waals surface area contributed by atoms with Crippen molar-refractivity contribution >= 4 is 12.0 Å². The minimum atomic E-state index is -0.941. The number of nitrogens with zero attached hydrogens (tertiary/aromatic N) is 1. The summed E-state index contributed by atoms with van der Waals surface area (Å²) in [5.41, 5.74) is 0. The van der Waals surface area contributed by atoms with Crippen LogP contribution in [0.2, 0.25) is 0 Å². The van der Waals surface area contributed by atoms with Gasteiger partial charge in [-0.1, -0.05) is 13.0 Å². The number of carboxylic acids is 1. The largest absolute Gasteiger partial charge is 0.481 e. The molecule has 6 heteroatoms. The molecule has 0 bridgehead atoms. The molecule has 1 aliphatic heterocycles. The minimum Gasteiger partial charge on any atom is -0.481 e. The zero-order valence-corrected chi connectivity index (χ0v) is 10.6. The normalized spacial score (nSPS) is 22.5. The second-order valence-electron chi connectivity index (χ2n) is 4.27. The predicted molar refractivity (Wildman–Crippen MR) is 66.3 cm³/mol. The highest BCUT2D eigenvalue weighted by atomic mass is 16.5. The number of carboxylic acid groups (broad SMARTS) is 1. The van der Waals surface area contributed by atoms with Gasteiger partial charge in [0.25, 0.3) is 0 Å². The molecular formula is C12H20N2O4. The average molecular weight is 256 g/mol. The van der Waals surface area contributed by atoms with Crippen LogP contribution >= 0.6 is 0 Å². The lowest BCUT2D eigenvalue weighted by Crippen LogP contribution is -2.49. The zero-order valence-electron chi connectivity index (χ0n) is 10.6. The van der Waals surface area contributed by atoms with Gasteiger partial charge in [0.1, 0.15) is 5.92 Å². The minimum absolute atomic E-state index is 0.148. The number of carbonyl (C=O) groups excluding carboxylic acids is 1. The van der Waals surface area contributed by atoms with Gasteiger partial charge < -0.3 is 20.1 Å². The summed E-state index contributed by atoms with van der Waals surface area (Å²) < 4.78 is 5.10. The van der Waals surface area contributed by atoms with E-state index in [2.05, 4.69) is 11.9 Å². The van der Waals surface area contributed by atoms with Crippen molar-refractivity contribution in [2.45, 2.75) is 19.4 Å². The summed E-state index contributed by atoms with van der Waals surface area (Å²) in [4.78, 5) is 24.5. The number of hydrogen-bond acceptors (Lipinski definition) is 3. The Labute approximate surface area is 107 Å². The Kier molecular flexibility index (Phi) is 5.64. The fraction of sp³-hybridized carbons (Fsp3) is 0.667. The third-order valence-electron chi connectivity index (χ3n) is 2.84. The van der Waals surface area contributed by atoms with Gasteiger partial charge in [-0.3, -0.25) is 4.79 Å². The first-order valence-electron chi connectivity index (χ1n) is 6.07. The van der Waals surface area contributed by atoms with Gasteiger partial charge in [-0.2, -0.15) is 0 Å². The second-order valence-corrected chi connectivity index (χ2v) is 4.27. The molecule has 0 spiro atoms. The molecule has 2 amide bonds. The maximum atomic E-state index is 12.0. The maximum Gasteiger partial charge on any atom is 0.318 e. The number of amides is 2. The molecule has 0 saturated carbocycles. The summed E-state index contributed by atoms with van der Waals surface area (Å²) in [5, 5.41) is 11.7. The number of hydrogen-bond donors (Lipinski definition) is 2. The van der Waals surface area contributed by atoms with Crippen molar-refractivity contribution in [3.05, 3.63) is 12.7 Å². The first-order valence-corrected chi connectivity index (χ1v) is 6.07. The van der Waals surface area contributed by atoms with Crippen molar-refractivity contribution in [2.24, 2.45) is 5.92 Å². The molecule has 0 aromatic carbocycles. The van der Waals surface area contributed by atoms with E-state index in [0.29, 0.717) is 13.1 Å². The van der Waals surface area contributed by atoms with Crippen molar-refractivity contribution in [3.8, 4) is 0 Å². The van der Waals surface area contributed by atoms with E-state index in [1.165, 1.54) is 0 Å². The number of rotatable bonds is 6. The fourth-order valence-electron chi connectivity index (χ4n) is 1.89. The first kappa shape index (κ1) is 14.5. The highest BCUT2D eigenvalue weighted by molar-refractivity contribution is 5.77. The Bertz CT molecular complexity index is 319. The molecule has 1 saturated heterocycles. The van der Waals surface area contributed by atoms with Crippen LogP contribution in [0.3, 0.4) is 0 Å². The third-order valence-corrected chi connectivity index (χ3v) is 2.84. The van der Waals surface area contributed by atoms with Gasteiger partial charge in [-0.15, -0.1) is 6.58 Å². The molecule has 0 aromatic rings. The van der Waals surface area contributed by atoms with Crippen molar-refractivity contribution < 1.29 is 19.4 Å². The third kappa shape index (κ3) is 3.73. The molecule has 1 heterocycles. The molecule has 2 atom stereocenters. The summed E-state index contributed by atoms with van der Waals surface area (Å²) >= 11 is 0. The van der Waals surface area contributed by atoms with Crippen LogP contribution in [0, 0.1) is 5.92 Å². The standard InChI is InChI=1S/C12H20N2O4/c1-3-5-14(6-4-2)12(17)13-10-8-18-7-9(10)11(15)16/h3,9-10H,1,4-8H2,2H3,(H,13,17)(H,15,16). The van der Waals surface area contributed by atoms with E-state index in [4.69, 9.17) is 9.84 Å². The van der Waals surface area contributed by atoms with Crippen molar-refractivity contribution in [2.75, 3.05) is 26.3 Å². The van der Waals surface area contributed by atoms with E-state index in [1.54, 1.807) is 11.0 Å². The van der Waals surface area contributed by atoms with E-state index in [1.807, 2.05) is 6.92 Å². The molecular weight excluding hydrogens is 236 g/mol. The van der Waals surface area contributed by atoms with Crippen LogP contribution < -0.4 is 5.32 Å². The summed E-state index contributed by atoms with van der Waals surface area (Å²) in [6.07, 6.45) is 2.49. The number of nitrogens with one attached hydrogen (secondary N) is 1. The van der Waals surface area contributed by atoms with Crippen LogP contribution in [-0.2, 0) is 9.53 Å². The van der Waals surface area contributed by atoms with Crippen LogP contribution in [0.15, 0.2) is 12.7 Å². The number of carbonyl (C=O) groups is 2. The first-order chi connectivity index (χ1) is 8.60. The molecule has 1 fully saturated rings. The Morgan fingerprint density at radius 2 is 2.28 bits per heavy atom. The van der Waals surface area contributed by atoms with E-state index in [9.17, 15) is 9.59 Å². The van der Waals surface area contributed by atoms with Crippen LogP contribution in [0.5, 0.6) is 0 Å². The van der Waals surface area contributed by atoms with Gasteiger partial charge >= 0.3 is 12.0 Å². The smallest absolute Gasteiger partial charge is 0.318 e. The van der Waals surface area contributed by atoms with Gasteiger partial charge in [0.2, 0.25) is 0 Å². The Balaban J connectivity index is 2.56. The van der Waals surface area contributed by atoms with Gasteiger partial charge in [0.15, 0.2) is 0 Å². The van der Waals surface area contributed by atoms with Crippen LogP contribution in [0.4, 0.5) is 4.79 Å². The van der Waals surface area contributed by atoms with Crippen LogP contribution in [0.1, 0.15) is 13.3 Å². The molecule has 102 valence electrons. The summed E-state index contributed by atoms with van der Waals surface area (Å²) in [7, 11) is 0. The lowest BCUT2D eigenvalue weighted by molar-refractivity contribution is -0.142. The van der Waals surface area contributed by atoms with E-state index in [0.717, 1.165) is 6.42 Å². The van der Waals surface area contributed by atoms with Gasteiger partial charge in [0, 0.05) is 13.1 Å². The molecule has 0 aliphatic carbocycles. The van der Waals surface area contributed by atoms with Crippen molar-refractivity contribution in [1.82, 2.24) is 10.2 Å². The van der Waals surface area contributed by atoms with Crippen LogP contribution in [-0.4, -0.2) is 54.4 Å². The molecule has 1 rings (SSSR count). The van der Waals surface area contributed by atoms with E-state index in [-0.39, 0.29) is 19.2 Å². The monoisotopic (exact) mass is 256 g/mol. The zero-order chi connectivity index (χ0) is 13.5. The van der Waals surface area contributed by atoms with Crippen molar-refractivity contribution in [1.29, 1.82) is 0 Å². The maximum absolute atomic E-state index is 12.0. The topological polar surface area (TPSA) is 78.9 Å². The Morgan fingerprint density at radius 1 is 1.56 bits per heavy atom. The molecule has 18 heavy (non-hydrogen) atoms. The molecule has 1 aliphatic rings. The Morgan fingerprint density at radius 3 is 2.83 bits per heavy atom. The number of urea groups is 1. The molecule has 2 unspecified atom stereocenters. The summed E-state index contributed by atoms with van der Waals surface area (Å²) in [5.74, 6) is -1.61. The highest BCUT2D eigenvalue weighted by Crippen LogP contribution is 2.14. The number of ether oxygens (including phenoxy) is 1. The highest BCUT2D eigenvalue weighted by Gasteiger charge is 2.35. The number of aliphatic carboxylic acids is 1. The fourth-order valence-corrected chi connectivity index (χ4v) is 1.89. The van der Waals surface area contributed by atoms with E-state index >= 15 is 0 Å². The lowest BCUT2D eigenvalue weighted by Gasteiger charge is -2.24.